The van der Waals surface area contributed by atoms with E-state index in [1.165, 1.54) is 18.3 Å². The third-order valence-electron chi connectivity index (χ3n) is 3.31. The number of halogens is 3. The molecule has 0 saturated carbocycles. The second kappa shape index (κ2) is 8.15. The van der Waals surface area contributed by atoms with Crippen molar-refractivity contribution in [1.82, 2.24) is 0 Å². The van der Waals surface area contributed by atoms with E-state index in [0.29, 0.717) is 6.42 Å². The molecule has 1 amide bonds. The Morgan fingerprint density at radius 3 is 2.44 bits per heavy atom. The standard InChI is InChI=1S/C17H16F3NO3S/c1-11(24-15(22)9-8-14-3-2-10-25-14)16(23)21-13-6-4-12(5-7-13)17(18,19)20/h2-7,10-11H,8-9H2,1H3,(H,21,23)/t11-/m0/s1. The minimum absolute atomic E-state index is 0.151. The van der Waals surface area contributed by atoms with Crippen LogP contribution in [0, 0.1) is 0 Å². The maximum atomic E-state index is 12.5. The highest BCUT2D eigenvalue weighted by atomic mass is 32.1. The smallest absolute Gasteiger partial charge is 0.416 e. The van der Waals surface area contributed by atoms with Crippen LogP contribution in [-0.4, -0.2) is 18.0 Å². The number of thiophene rings is 1. The Morgan fingerprint density at radius 2 is 1.88 bits per heavy atom. The first-order chi connectivity index (χ1) is 11.8. The van der Waals surface area contributed by atoms with Crippen molar-refractivity contribution in [1.29, 1.82) is 0 Å². The molecule has 25 heavy (non-hydrogen) atoms. The molecule has 1 N–H and O–H groups in total. The summed E-state index contributed by atoms with van der Waals surface area (Å²) in [5.41, 5.74) is -0.613. The van der Waals surface area contributed by atoms with Gasteiger partial charge in [-0.25, -0.2) is 0 Å². The van der Waals surface area contributed by atoms with Crippen molar-refractivity contribution in [2.24, 2.45) is 0 Å². The van der Waals surface area contributed by atoms with Gasteiger partial charge in [-0.05, 0) is 49.1 Å². The van der Waals surface area contributed by atoms with Gasteiger partial charge in [-0.2, -0.15) is 13.2 Å². The predicted octanol–water partition coefficient (Wildman–Crippen LogP) is 4.27. The van der Waals surface area contributed by atoms with Gasteiger partial charge >= 0.3 is 12.1 Å². The number of nitrogens with one attached hydrogen (secondary N) is 1. The number of hydrogen-bond donors (Lipinski definition) is 1. The highest BCUT2D eigenvalue weighted by Crippen LogP contribution is 2.29. The van der Waals surface area contributed by atoms with Crippen molar-refractivity contribution >= 4 is 28.9 Å². The Morgan fingerprint density at radius 1 is 1.20 bits per heavy atom. The fourth-order valence-electron chi connectivity index (χ4n) is 1.98. The number of carbonyl (C=O) groups excluding carboxylic acids is 2. The number of aryl methyl sites for hydroxylation is 1. The average Bonchev–Trinajstić information content (AvgIpc) is 3.06. The summed E-state index contributed by atoms with van der Waals surface area (Å²) in [6.45, 7) is 1.41. The van der Waals surface area contributed by atoms with Crippen LogP contribution in [0.3, 0.4) is 0 Å². The molecule has 2 rings (SSSR count). The van der Waals surface area contributed by atoms with Crippen LogP contribution in [0.1, 0.15) is 23.8 Å². The van der Waals surface area contributed by atoms with E-state index in [2.05, 4.69) is 5.32 Å². The molecule has 0 aliphatic carbocycles. The molecule has 1 heterocycles. The number of amides is 1. The lowest BCUT2D eigenvalue weighted by Crippen LogP contribution is -2.30. The number of benzene rings is 1. The second-order valence-electron chi connectivity index (χ2n) is 5.28. The zero-order chi connectivity index (χ0) is 18.4. The Balaban J connectivity index is 1.82. The molecule has 0 fully saturated rings. The minimum atomic E-state index is -4.44. The largest absolute Gasteiger partial charge is 0.453 e. The second-order valence-corrected chi connectivity index (χ2v) is 6.31. The third kappa shape index (κ3) is 5.90. The lowest BCUT2D eigenvalue weighted by Gasteiger charge is -2.14. The molecule has 0 bridgehead atoms. The molecule has 0 unspecified atom stereocenters. The van der Waals surface area contributed by atoms with E-state index in [1.54, 1.807) is 0 Å². The number of alkyl halides is 3. The van der Waals surface area contributed by atoms with Crippen molar-refractivity contribution in [3.63, 3.8) is 0 Å². The Bertz CT molecular complexity index is 712. The van der Waals surface area contributed by atoms with E-state index in [9.17, 15) is 22.8 Å². The lowest BCUT2D eigenvalue weighted by atomic mass is 10.2. The molecule has 1 aromatic heterocycles. The maximum absolute atomic E-state index is 12.5. The Hall–Kier alpha value is -2.35. The van der Waals surface area contributed by atoms with Gasteiger partial charge in [-0.3, -0.25) is 9.59 Å². The zero-order valence-electron chi connectivity index (χ0n) is 13.3. The van der Waals surface area contributed by atoms with Crippen LogP contribution in [0.2, 0.25) is 0 Å². The summed E-state index contributed by atoms with van der Waals surface area (Å²) in [5.74, 6) is -1.12. The molecule has 0 aliphatic rings. The molecule has 1 aromatic carbocycles. The van der Waals surface area contributed by atoms with E-state index >= 15 is 0 Å². The van der Waals surface area contributed by atoms with E-state index in [1.807, 2.05) is 17.5 Å². The van der Waals surface area contributed by atoms with Gasteiger partial charge < -0.3 is 10.1 Å². The van der Waals surface area contributed by atoms with Gasteiger partial charge in [0.1, 0.15) is 0 Å². The summed E-state index contributed by atoms with van der Waals surface area (Å²) in [6, 6.07) is 7.81. The summed E-state index contributed by atoms with van der Waals surface area (Å²) in [4.78, 5) is 24.7. The zero-order valence-corrected chi connectivity index (χ0v) is 14.1. The minimum Gasteiger partial charge on any atom is -0.453 e. The SMILES string of the molecule is C[C@H](OC(=O)CCc1cccs1)C(=O)Nc1ccc(C(F)(F)F)cc1. The fourth-order valence-corrected chi connectivity index (χ4v) is 2.69. The van der Waals surface area contributed by atoms with Gasteiger partial charge in [0.15, 0.2) is 6.10 Å². The molecule has 2 aromatic rings. The summed E-state index contributed by atoms with van der Waals surface area (Å²) in [7, 11) is 0. The average molecular weight is 371 g/mol. The fraction of sp³-hybridized carbons (Fsp3) is 0.294. The van der Waals surface area contributed by atoms with Gasteiger partial charge in [0.25, 0.3) is 5.91 Å². The van der Waals surface area contributed by atoms with Gasteiger partial charge in [0.05, 0.1) is 12.0 Å². The summed E-state index contributed by atoms with van der Waals surface area (Å²) >= 11 is 1.53. The maximum Gasteiger partial charge on any atom is 0.416 e. The highest BCUT2D eigenvalue weighted by Gasteiger charge is 2.30. The monoisotopic (exact) mass is 371 g/mol. The third-order valence-corrected chi connectivity index (χ3v) is 4.25. The van der Waals surface area contributed by atoms with Gasteiger partial charge in [0, 0.05) is 10.6 Å². The molecular weight excluding hydrogens is 355 g/mol. The normalized spacial score (nSPS) is 12.5. The van der Waals surface area contributed by atoms with Gasteiger partial charge in [-0.1, -0.05) is 6.07 Å². The summed E-state index contributed by atoms with van der Waals surface area (Å²) in [6.07, 6.45) is -4.80. The van der Waals surface area contributed by atoms with Crippen LogP contribution < -0.4 is 5.32 Å². The Kier molecular flexibility index (Phi) is 6.19. The van der Waals surface area contributed by atoms with Crippen molar-refractivity contribution < 1.29 is 27.5 Å². The first kappa shape index (κ1) is 19.0. The number of rotatable bonds is 6. The molecule has 0 spiro atoms. The molecule has 0 aliphatic heterocycles. The number of ether oxygens (including phenoxy) is 1. The number of carbonyl (C=O) groups is 2. The van der Waals surface area contributed by atoms with E-state index in [4.69, 9.17) is 4.74 Å². The lowest BCUT2D eigenvalue weighted by molar-refractivity contribution is -0.153. The first-order valence-corrected chi connectivity index (χ1v) is 8.33. The quantitative estimate of drug-likeness (QED) is 0.772. The molecule has 0 saturated heterocycles. The van der Waals surface area contributed by atoms with Crippen molar-refractivity contribution in [3.05, 3.63) is 52.2 Å². The van der Waals surface area contributed by atoms with Crippen LogP contribution in [0.5, 0.6) is 0 Å². The van der Waals surface area contributed by atoms with Crippen LogP contribution in [0.15, 0.2) is 41.8 Å². The van der Waals surface area contributed by atoms with Crippen LogP contribution in [-0.2, 0) is 26.9 Å². The van der Waals surface area contributed by atoms with E-state index < -0.39 is 29.7 Å². The molecular formula is C17H16F3NO3S. The molecule has 8 heteroatoms. The van der Waals surface area contributed by atoms with Crippen molar-refractivity contribution in [3.8, 4) is 0 Å². The van der Waals surface area contributed by atoms with Crippen molar-refractivity contribution in [2.75, 3.05) is 5.32 Å². The van der Waals surface area contributed by atoms with Gasteiger partial charge in [0.2, 0.25) is 0 Å². The van der Waals surface area contributed by atoms with E-state index in [0.717, 1.165) is 29.1 Å². The van der Waals surface area contributed by atoms with E-state index in [-0.39, 0.29) is 12.1 Å². The highest BCUT2D eigenvalue weighted by molar-refractivity contribution is 7.09. The molecule has 4 nitrogen and oxygen atoms in total. The predicted molar refractivity (Wildman–Crippen MR) is 88.3 cm³/mol. The van der Waals surface area contributed by atoms with Gasteiger partial charge in [-0.15, -0.1) is 11.3 Å². The number of esters is 1. The van der Waals surface area contributed by atoms with Crippen LogP contribution in [0.4, 0.5) is 18.9 Å². The topological polar surface area (TPSA) is 55.4 Å². The van der Waals surface area contributed by atoms with Crippen LogP contribution >= 0.6 is 11.3 Å². The van der Waals surface area contributed by atoms with Crippen molar-refractivity contribution in [2.45, 2.75) is 32.0 Å². The summed E-state index contributed by atoms with van der Waals surface area (Å²) < 4.78 is 42.5. The first-order valence-electron chi connectivity index (χ1n) is 7.45. The molecule has 1 atom stereocenters. The summed E-state index contributed by atoms with van der Waals surface area (Å²) in [5, 5.41) is 4.32. The molecule has 0 radical (unpaired) electrons. The Labute approximate surface area is 146 Å². The molecule has 134 valence electrons. The van der Waals surface area contributed by atoms with Crippen LogP contribution in [0.25, 0.3) is 0 Å². The number of hydrogen-bond acceptors (Lipinski definition) is 4. The number of anilines is 1.